The van der Waals surface area contributed by atoms with Crippen molar-refractivity contribution in [1.29, 1.82) is 0 Å². The highest BCUT2D eigenvalue weighted by atomic mass is 16.6. The van der Waals surface area contributed by atoms with E-state index in [9.17, 15) is 24.6 Å². The smallest absolute Gasteiger partial charge is 0.302 e. The molecule has 6 aliphatic rings. The van der Waals surface area contributed by atoms with E-state index in [2.05, 4.69) is 13.8 Å². The van der Waals surface area contributed by atoms with Gasteiger partial charge in [0.2, 0.25) is 5.79 Å². The van der Waals surface area contributed by atoms with Gasteiger partial charge in [-0.2, -0.15) is 0 Å². The molecule has 35 heavy (non-hydrogen) atoms. The fourth-order valence-electron chi connectivity index (χ4n) is 9.68. The molecular weight excluding hydrogens is 452 g/mol. The van der Waals surface area contributed by atoms with Gasteiger partial charge >= 0.3 is 5.97 Å². The molecule has 2 heterocycles. The lowest BCUT2D eigenvalue weighted by Gasteiger charge is -2.75. The molecule has 6 rings (SSSR count). The Morgan fingerprint density at radius 2 is 1.91 bits per heavy atom. The Hall–Kier alpha value is -1.35. The first-order valence-corrected chi connectivity index (χ1v) is 13.2. The molecule has 2 N–H and O–H groups in total. The molecule has 0 aromatic carbocycles. The minimum atomic E-state index is -2.05. The first kappa shape index (κ1) is 25.3. The highest BCUT2D eigenvalue weighted by molar-refractivity contribution is 5.92. The Labute approximate surface area is 207 Å². The zero-order chi connectivity index (χ0) is 25.6. The van der Waals surface area contributed by atoms with E-state index in [1.54, 1.807) is 6.92 Å². The van der Waals surface area contributed by atoms with Crippen LogP contribution in [0, 0.1) is 45.8 Å². The second-order valence-corrected chi connectivity index (χ2v) is 12.6. The summed E-state index contributed by atoms with van der Waals surface area (Å²) in [5.74, 6) is -4.12. The highest BCUT2D eigenvalue weighted by Gasteiger charge is 2.86. The van der Waals surface area contributed by atoms with E-state index in [4.69, 9.17) is 14.2 Å². The molecule has 6 fully saturated rings. The van der Waals surface area contributed by atoms with Crippen LogP contribution in [0.25, 0.3) is 0 Å². The van der Waals surface area contributed by atoms with Gasteiger partial charge in [0.15, 0.2) is 5.78 Å². The molecule has 8 heteroatoms. The van der Waals surface area contributed by atoms with E-state index < -0.39 is 52.5 Å². The topological polar surface area (TPSA) is 119 Å². The summed E-state index contributed by atoms with van der Waals surface area (Å²) in [4.78, 5) is 39.1. The van der Waals surface area contributed by atoms with Gasteiger partial charge in [0.05, 0.1) is 18.6 Å². The number of carbonyl (C=O) groups is 3. The van der Waals surface area contributed by atoms with Crippen LogP contribution in [0.2, 0.25) is 0 Å². The second-order valence-electron chi connectivity index (χ2n) is 12.6. The Morgan fingerprint density at radius 3 is 2.54 bits per heavy atom. The molecule has 2 spiro atoms. The molecule has 0 amide bonds. The monoisotopic (exact) mass is 492 g/mol. The third-order valence-electron chi connectivity index (χ3n) is 10.4. The summed E-state index contributed by atoms with van der Waals surface area (Å²) in [5.41, 5.74) is -2.63. The van der Waals surface area contributed by atoms with E-state index in [0.29, 0.717) is 32.3 Å². The summed E-state index contributed by atoms with van der Waals surface area (Å²) in [6.07, 6.45) is 0.742. The van der Waals surface area contributed by atoms with Crippen LogP contribution in [-0.2, 0) is 28.6 Å². The minimum absolute atomic E-state index is 0.0298. The molecule has 4 saturated carbocycles. The number of Topliss-reactive ketones (excluding diaryl/α,β-unsaturated/α-hetero) is 2. The van der Waals surface area contributed by atoms with E-state index in [0.717, 1.165) is 0 Å². The lowest BCUT2D eigenvalue weighted by atomic mass is 9.34. The quantitative estimate of drug-likeness (QED) is 0.542. The van der Waals surface area contributed by atoms with Crippen molar-refractivity contribution in [3.05, 3.63) is 0 Å². The molecule has 2 aliphatic heterocycles. The molecule has 0 radical (unpaired) electrons. The Balaban J connectivity index is 1.74. The van der Waals surface area contributed by atoms with Gasteiger partial charge in [-0.3, -0.25) is 9.59 Å². The maximum Gasteiger partial charge on any atom is 0.302 e. The number of ketones is 2. The van der Waals surface area contributed by atoms with Crippen LogP contribution in [0.1, 0.15) is 66.7 Å². The van der Waals surface area contributed by atoms with Gasteiger partial charge in [0.1, 0.15) is 18.0 Å². The normalized spacial score (nSPS) is 49.3. The molecule has 10 unspecified atom stereocenters. The van der Waals surface area contributed by atoms with Crippen molar-refractivity contribution in [2.24, 2.45) is 45.8 Å². The number of hydrogen-bond donors (Lipinski definition) is 2. The van der Waals surface area contributed by atoms with Crippen LogP contribution < -0.4 is 0 Å². The van der Waals surface area contributed by atoms with Crippen LogP contribution in [0.15, 0.2) is 0 Å². The number of ether oxygens (including phenoxy) is 3. The standard InChI is InChI=1S/C27H40O8/c1-6-33-12-18-17-10-16(9-14(2)28)20-25-13-34-27(32,26(20,11-17)22(18)30)23(31)21(25)24(4,5)8-7-19(25)35-15(3)29/h16-21,23,31-32H,6-13H2,1-5H3. The molecule has 4 aliphatic carbocycles. The molecule has 2 saturated heterocycles. The van der Waals surface area contributed by atoms with Gasteiger partial charge in [-0.1, -0.05) is 13.8 Å². The van der Waals surface area contributed by atoms with Gasteiger partial charge in [0, 0.05) is 37.2 Å². The lowest BCUT2D eigenvalue weighted by molar-refractivity contribution is -0.453. The zero-order valence-electron chi connectivity index (χ0n) is 21.5. The van der Waals surface area contributed by atoms with Crippen molar-refractivity contribution in [1.82, 2.24) is 0 Å². The Bertz CT molecular complexity index is 930. The molecule has 196 valence electrons. The first-order valence-electron chi connectivity index (χ1n) is 13.2. The van der Waals surface area contributed by atoms with Crippen LogP contribution in [0.3, 0.4) is 0 Å². The van der Waals surface area contributed by atoms with Crippen LogP contribution >= 0.6 is 0 Å². The highest BCUT2D eigenvalue weighted by Crippen LogP contribution is 2.78. The van der Waals surface area contributed by atoms with Crippen molar-refractivity contribution in [3.8, 4) is 0 Å². The summed E-state index contributed by atoms with van der Waals surface area (Å²) in [6, 6.07) is 0. The third kappa shape index (κ3) is 3.09. The van der Waals surface area contributed by atoms with E-state index >= 15 is 0 Å². The number of aliphatic hydroxyl groups excluding tert-OH is 1. The van der Waals surface area contributed by atoms with E-state index in [-0.39, 0.29) is 48.5 Å². The number of fused-ring (bicyclic) bond motifs is 2. The van der Waals surface area contributed by atoms with Crippen molar-refractivity contribution < 1.29 is 38.8 Å². The van der Waals surface area contributed by atoms with E-state index in [1.807, 2.05) is 6.92 Å². The predicted octanol–water partition coefficient (Wildman–Crippen LogP) is 2.28. The summed E-state index contributed by atoms with van der Waals surface area (Å²) >= 11 is 0. The summed E-state index contributed by atoms with van der Waals surface area (Å²) in [5, 5.41) is 24.1. The molecule has 4 bridgehead atoms. The fourth-order valence-corrected chi connectivity index (χ4v) is 9.68. The maximum atomic E-state index is 14.4. The fraction of sp³-hybridized carbons (Fsp3) is 0.889. The number of aliphatic hydroxyl groups is 2. The number of hydrogen-bond acceptors (Lipinski definition) is 8. The molecule has 8 nitrogen and oxygen atoms in total. The Morgan fingerprint density at radius 1 is 1.20 bits per heavy atom. The third-order valence-corrected chi connectivity index (χ3v) is 10.4. The SMILES string of the molecule is CCOCC1C(=O)C23CC1CC(CC(C)=O)C2C12COC3(O)C(O)C1C(C)(C)CCC2OC(C)=O. The number of esters is 1. The average molecular weight is 493 g/mol. The number of carbonyl (C=O) groups excluding carboxylic acids is 3. The summed E-state index contributed by atoms with van der Waals surface area (Å²) < 4.78 is 17.8. The number of rotatable bonds is 6. The predicted molar refractivity (Wildman–Crippen MR) is 124 cm³/mol. The van der Waals surface area contributed by atoms with Gasteiger partial charge in [-0.05, 0) is 62.7 Å². The van der Waals surface area contributed by atoms with Crippen molar-refractivity contribution in [2.45, 2.75) is 84.7 Å². The van der Waals surface area contributed by atoms with E-state index in [1.165, 1.54) is 6.92 Å². The van der Waals surface area contributed by atoms with Gasteiger partial charge in [-0.15, -0.1) is 0 Å². The van der Waals surface area contributed by atoms with Gasteiger partial charge in [-0.25, -0.2) is 0 Å². The largest absolute Gasteiger partial charge is 0.462 e. The van der Waals surface area contributed by atoms with Crippen molar-refractivity contribution in [2.75, 3.05) is 19.8 Å². The molecular formula is C27H40O8. The minimum Gasteiger partial charge on any atom is -0.462 e. The molecule has 0 aromatic heterocycles. The summed E-state index contributed by atoms with van der Waals surface area (Å²) in [7, 11) is 0. The van der Waals surface area contributed by atoms with Crippen LogP contribution in [0.4, 0.5) is 0 Å². The van der Waals surface area contributed by atoms with Crippen molar-refractivity contribution in [3.63, 3.8) is 0 Å². The Kier molecular flexibility index (Phi) is 5.84. The second kappa shape index (κ2) is 8.07. The van der Waals surface area contributed by atoms with Gasteiger partial charge < -0.3 is 29.2 Å². The molecule has 10 atom stereocenters. The lowest BCUT2D eigenvalue weighted by Crippen LogP contribution is -2.84. The zero-order valence-corrected chi connectivity index (χ0v) is 21.5. The maximum absolute atomic E-state index is 14.4. The van der Waals surface area contributed by atoms with Crippen molar-refractivity contribution >= 4 is 17.5 Å². The van der Waals surface area contributed by atoms with Crippen LogP contribution in [-0.4, -0.2) is 65.6 Å². The first-order chi connectivity index (χ1) is 16.4. The van der Waals surface area contributed by atoms with Crippen LogP contribution in [0.5, 0.6) is 0 Å². The average Bonchev–Trinajstić information content (AvgIpc) is 2.97. The molecule has 0 aromatic rings. The van der Waals surface area contributed by atoms with Gasteiger partial charge in [0.25, 0.3) is 0 Å². The summed E-state index contributed by atoms with van der Waals surface area (Å²) in [6.45, 7) is 9.78.